The molecule has 91 heavy (non-hydrogen) atoms. The quantitative estimate of drug-likeness (QED) is 0.0222. The highest BCUT2D eigenvalue weighted by Gasteiger charge is 2.30. The first-order valence-corrected chi connectivity index (χ1v) is 40.5. The van der Waals surface area contributed by atoms with Gasteiger partial charge < -0.3 is 33.8 Å². The van der Waals surface area contributed by atoms with Crippen LogP contribution in [0.2, 0.25) is 0 Å². The SMILES string of the molecule is CCCCCCCCCCCCCCCCCCCC(=O)O[C@H](COC(=O)CCCCCCCCCCCC(C)C)COP(=O)(O)OC[C@@H](O)COP(=O)(O)OC[C@@H](COC(=O)CCCCCCCCCCCC)OC(=O)CCCCCCCCCCCC(C)C. The van der Waals surface area contributed by atoms with Gasteiger partial charge in [0.1, 0.15) is 19.3 Å². The molecule has 0 aliphatic heterocycles. The van der Waals surface area contributed by atoms with Crippen LogP contribution in [0.1, 0.15) is 369 Å². The molecule has 0 radical (unpaired) electrons. The second-order valence-electron chi connectivity index (χ2n) is 26.9. The smallest absolute Gasteiger partial charge is 0.462 e. The van der Waals surface area contributed by atoms with Gasteiger partial charge >= 0.3 is 39.5 Å². The van der Waals surface area contributed by atoms with E-state index in [1.807, 2.05) is 0 Å². The molecule has 5 atom stereocenters. The third-order valence-electron chi connectivity index (χ3n) is 16.7. The highest BCUT2D eigenvalue weighted by molar-refractivity contribution is 7.47. The van der Waals surface area contributed by atoms with Gasteiger partial charge in [-0.2, -0.15) is 0 Å². The van der Waals surface area contributed by atoms with Gasteiger partial charge in [-0.15, -0.1) is 0 Å². The fourth-order valence-electron chi connectivity index (χ4n) is 10.9. The first-order chi connectivity index (χ1) is 43.9. The summed E-state index contributed by atoms with van der Waals surface area (Å²) in [6.45, 7) is 9.52. The average molecular weight is 1340 g/mol. The maximum absolute atomic E-state index is 13.0. The van der Waals surface area contributed by atoms with Gasteiger partial charge in [0.25, 0.3) is 0 Å². The monoisotopic (exact) mass is 1340 g/mol. The van der Waals surface area contributed by atoms with Crippen molar-refractivity contribution in [1.82, 2.24) is 0 Å². The van der Waals surface area contributed by atoms with Gasteiger partial charge in [-0.3, -0.25) is 37.3 Å². The Hall–Kier alpha value is -1.94. The van der Waals surface area contributed by atoms with Gasteiger partial charge in [0.15, 0.2) is 12.2 Å². The highest BCUT2D eigenvalue weighted by atomic mass is 31.2. The van der Waals surface area contributed by atoms with Gasteiger partial charge in [0.2, 0.25) is 0 Å². The van der Waals surface area contributed by atoms with Crippen LogP contribution in [0.5, 0.6) is 0 Å². The molecule has 0 heterocycles. The van der Waals surface area contributed by atoms with Crippen molar-refractivity contribution < 1.29 is 80.2 Å². The van der Waals surface area contributed by atoms with Crippen molar-refractivity contribution in [3.63, 3.8) is 0 Å². The molecule has 19 heteroatoms. The summed E-state index contributed by atoms with van der Waals surface area (Å²) in [5.41, 5.74) is 0. The van der Waals surface area contributed by atoms with Crippen molar-refractivity contribution in [3.05, 3.63) is 0 Å². The number of carbonyl (C=O) groups is 4. The minimum Gasteiger partial charge on any atom is -0.462 e. The number of phosphoric acid groups is 2. The summed E-state index contributed by atoms with van der Waals surface area (Å²) >= 11 is 0. The van der Waals surface area contributed by atoms with Crippen LogP contribution in [0.3, 0.4) is 0 Å². The number of unbranched alkanes of at least 4 members (excludes halogenated alkanes) is 41. The van der Waals surface area contributed by atoms with Gasteiger partial charge in [-0.25, -0.2) is 9.13 Å². The molecule has 540 valence electrons. The molecule has 0 fully saturated rings. The van der Waals surface area contributed by atoms with Gasteiger partial charge in [0.05, 0.1) is 26.4 Å². The summed E-state index contributed by atoms with van der Waals surface area (Å²) < 4.78 is 68.4. The molecule has 2 unspecified atom stereocenters. The van der Waals surface area contributed by atoms with Crippen molar-refractivity contribution in [2.75, 3.05) is 39.6 Å². The molecule has 0 amide bonds. The zero-order valence-electron chi connectivity index (χ0n) is 59.1. The molecule has 3 N–H and O–H groups in total. The van der Waals surface area contributed by atoms with Crippen LogP contribution in [0.15, 0.2) is 0 Å². The van der Waals surface area contributed by atoms with E-state index in [4.69, 9.17) is 37.0 Å². The Morgan fingerprint density at radius 2 is 0.505 bits per heavy atom. The molecular formula is C72H140O17P2. The first kappa shape index (κ1) is 89.1. The number of esters is 4. The predicted molar refractivity (Wildman–Crippen MR) is 368 cm³/mol. The van der Waals surface area contributed by atoms with Gasteiger partial charge in [-0.05, 0) is 37.5 Å². The number of phosphoric ester groups is 2. The average Bonchev–Trinajstić information content (AvgIpc) is 3.25. The van der Waals surface area contributed by atoms with E-state index in [1.54, 1.807) is 0 Å². The molecule has 0 aliphatic rings. The number of hydrogen-bond acceptors (Lipinski definition) is 15. The standard InChI is InChI=1S/C72H140O17P2/c1-7-9-11-13-15-17-19-20-21-22-23-24-25-31-38-44-50-56-71(76)88-67(61-83-70(75)55-49-43-37-32-26-28-34-40-46-52-64(3)4)62-86-90(78,79)84-58-66(73)59-85-91(80,81)87-63-68(60-82-69(74)54-48-42-36-30-18-16-14-12-10-8-2)89-72(77)57-51-45-39-33-27-29-35-41-47-53-65(5)6/h64-68,73H,7-63H2,1-6H3,(H,78,79)(H,80,81)/t66-,67-,68-/m1/s1. The lowest BCUT2D eigenvalue weighted by atomic mass is 10.0. The maximum Gasteiger partial charge on any atom is 0.472 e. The van der Waals surface area contributed by atoms with E-state index in [2.05, 4.69) is 41.5 Å². The minimum absolute atomic E-state index is 0.105. The topological polar surface area (TPSA) is 237 Å². The number of aliphatic hydroxyl groups is 1. The molecule has 0 bridgehead atoms. The first-order valence-electron chi connectivity index (χ1n) is 37.5. The number of hydrogen-bond donors (Lipinski definition) is 3. The van der Waals surface area contributed by atoms with Crippen LogP contribution in [-0.2, 0) is 65.4 Å². The Labute approximate surface area is 556 Å². The summed E-state index contributed by atoms with van der Waals surface area (Å²) in [5, 5.41) is 10.6. The molecule has 0 aromatic rings. The third kappa shape index (κ3) is 66.5. The largest absolute Gasteiger partial charge is 0.472 e. The van der Waals surface area contributed by atoms with Gasteiger partial charge in [0, 0.05) is 25.7 Å². The summed E-state index contributed by atoms with van der Waals surface area (Å²) in [5.74, 6) is -0.641. The van der Waals surface area contributed by atoms with E-state index in [0.29, 0.717) is 25.7 Å². The molecule has 0 aromatic heterocycles. The van der Waals surface area contributed by atoms with E-state index < -0.39 is 97.5 Å². The number of ether oxygens (including phenoxy) is 4. The van der Waals surface area contributed by atoms with Crippen molar-refractivity contribution in [2.45, 2.75) is 387 Å². The van der Waals surface area contributed by atoms with E-state index in [1.165, 1.54) is 186 Å². The number of carbonyl (C=O) groups excluding carboxylic acids is 4. The zero-order chi connectivity index (χ0) is 67.2. The fourth-order valence-corrected chi connectivity index (χ4v) is 12.5. The lowest BCUT2D eigenvalue weighted by molar-refractivity contribution is -0.161. The molecule has 0 spiro atoms. The lowest BCUT2D eigenvalue weighted by Crippen LogP contribution is -2.30. The normalized spacial score (nSPS) is 14.1. The minimum atomic E-state index is -4.95. The molecule has 0 saturated carbocycles. The van der Waals surface area contributed by atoms with Gasteiger partial charge in [-0.1, -0.05) is 318 Å². The molecule has 17 nitrogen and oxygen atoms in total. The number of aliphatic hydroxyl groups excluding tert-OH is 1. The summed E-state index contributed by atoms with van der Waals surface area (Å²) in [4.78, 5) is 72.6. The highest BCUT2D eigenvalue weighted by Crippen LogP contribution is 2.45. The summed E-state index contributed by atoms with van der Waals surface area (Å²) in [7, 11) is -9.90. The van der Waals surface area contributed by atoms with Crippen LogP contribution < -0.4 is 0 Å². The molecular weight excluding hydrogens is 1200 g/mol. The number of rotatable bonds is 71. The molecule has 0 rings (SSSR count). The molecule has 0 aromatic carbocycles. The molecule has 0 saturated heterocycles. The third-order valence-corrected chi connectivity index (χ3v) is 18.6. The van der Waals surface area contributed by atoms with Crippen molar-refractivity contribution in [1.29, 1.82) is 0 Å². The van der Waals surface area contributed by atoms with E-state index in [-0.39, 0.29) is 25.7 Å². The second-order valence-corrected chi connectivity index (χ2v) is 29.8. The Morgan fingerprint density at radius 1 is 0.297 bits per heavy atom. The van der Waals surface area contributed by atoms with Crippen LogP contribution in [-0.4, -0.2) is 96.7 Å². The van der Waals surface area contributed by atoms with Crippen molar-refractivity contribution in [3.8, 4) is 0 Å². The van der Waals surface area contributed by atoms with Crippen molar-refractivity contribution >= 4 is 39.5 Å². The van der Waals surface area contributed by atoms with E-state index in [0.717, 1.165) is 102 Å². The Bertz CT molecular complexity index is 1770. The van der Waals surface area contributed by atoms with E-state index in [9.17, 15) is 43.2 Å². The Kier molecular flexibility index (Phi) is 62.7. The maximum atomic E-state index is 13.0. The summed E-state index contributed by atoms with van der Waals surface area (Å²) in [6.07, 6.45) is 49.9. The van der Waals surface area contributed by atoms with E-state index >= 15 is 0 Å². The second kappa shape index (κ2) is 64.1. The summed E-state index contributed by atoms with van der Waals surface area (Å²) in [6, 6.07) is 0. The van der Waals surface area contributed by atoms with Crippen LogP contribution in [0.25, 0.3) is 0 Å². The zero-order valence-corrected chi connectivity index (χ0v) is 60.9. The lowest BCUT2D eigenvalue weighted by Gasteiger charge is -2.21. The van der Waals surface area contributed by atoms with Crippen LogP contribution in [0, 0.1) is 11.8 Å². The van der Waals surface area contributed by atoms with Crippen molar-refractivity contribution in [2.24, 2.45) is 11.8 Å². The van der Waals surface area contributed by atoms with Crippen LogP contribution in [0.4, 0.5) is 0 Å². The Morgan fingerprint density at radius 3 is 0.747 bits per heavy atom. The van der Waals surface area contributed by atoms with Crippen LogP contribution >= 0.6 is 15.6 Å². The predicted octanol–water partition coefficient (Wildman–Crippen LogP) is 20.8. The fraction of sp³-hybridized carbons (Fsp3) is 0.944. The molecule has 0 aliphatic carbocycles. The Balaban J connectivity index is 5.24.